The van der Waals surface area contributed by atoms with Crippen molar-refractivity contribution < 1.29 is 23.6 Å². The van der Waals surface area contributed by atoms with E-state index in [4.69, 9.17) is 14.0 Å². The second-order valence-electron chi connectivity index (χ2n) is 8.59. The molecule has 0 radical (unpaired) electrons. The summed E-state index contributed by atoms with van der Waals surface area (Å²) in [6, 6.07) is 15.7. The molecule has 1 aromatic heterocycles. The Morgan fingerprint density at radius 2 is 1.44 bits per heavy atom. The maximum absolute atomic E-state index is 12.3. The zero-order valence-electron chi connectivity index (χ0n) is 19.2. The van der Waals surface area contributed by atoms with E-state index in [1.165, 1.54) is 0 Å². The average molecular weight is 436 g/mol. The molecule has 0 aliphatic rings. The van der Waals surface area contributed by atoms with Crippen molar-refractivity contribution >= 4 is 11.9 Å². The van der Waals surface area contributed by atoms with Crippen LogP contribution in [0.3, 0.4) is 0 Å². The van der Waals surface area contributed by atoms with Gasteiger partial charge in [-0.2, -0.15) is 0 Å². The number of aryl methyl sites for hydroxylation is 1. The number of ether oxygens (including phenoxy) is 2. The Kier molecular flexibility index (Phi) is 7.13. The van der Waals surface area contributed by atoms with Crippen LogP contribution in [0.2, 0.25) is 0 Å². The highest BCUT2D eigenvalue weighted by atomic mass is 16.6. The molecule has 6 heteroatoms. The molecule has 32 heavy (non-hydrogen) atoms. The van der Waals surface area contributed by atoms with Crippen LogP contribution >= 0.6 is 0 Å². The first-order valence-corrected chi connectivity index (χ1v) is 10.7. The molecule has 0 amide bonds. The predicted octanol–water partition coefficient (Wildman–Crippen LogP) is 5.31. The second-order valence-corrected chi connectivity index (χ2v) is 8.59. The number of aromatic nitrogens is 1. The molecule has 2 aromatic carbocycles. The van der Waals surface area contributed by atoms with E-state index in [1.807, 2.05) is 76.2 Å². The molecule has 168 valence electrons. The molecule has 0 saturated carbocycles. The van der Waals surface area contributed by atoms with Gasteiger partial charge in [-0.05, 0) is 51.3 Å². The van der Waals surface area contributed by atoms with Gasteiger partial charge in [-0.1, -0.05) is 53.7 Å². The first kappa shape index (κ1) is 23.3. The molecule has 0 aliphatic carbocycles. The Morgan fingerprint density at radius 3 is 2.00 bits per heavy atom. The number of hydrogen-bond donors (Lipinski definition) is 0. The lowest BCUT2D eigenvalue weighted by molar-refractivity contribution is -0.154. The molecular formula is C26H29NO5. The summed E-state index contributed by atoms with van der Waals surface area (Å²) >= 11 is 0. The summed E-state index contributed by atoms with van der Waals surface area (Å²) < 4.78 is 16.0. The zero-order valence-corrected chi connectivity index (χ0v) is 19.2. The van der Waals surface area contributed by atoms with E-state index in [0.717, 1.165) is 27.8 Å². The predicted molar refractivity (Wildman–Crippen MR) is 122 cm³/mol. The summed E-state index contributed by atoms with van der Waals surface area (Å²) in [4.78, 5) is 23.9. The fourth-order valence-electron chi connectivity index (χ4n) is 3.35. The van der Waals surface area contributed by atoms with Crippen molar-refractivity contribution in [3.63, 3.8) is 0 Å². The van der Waals surface area contributed by atoms with Crippen molar-refractivity contribution in [2.45, 2.75) is 53.1 Å². The normalized spacial score (nSPS) is 11.3. The fourth-order valence-corrected chi connectivity index (χ4v) is 3.35. The Morgan fingerprint density at radius 1 is 0.875 bits per heavy atom. The van der Waals surface area contributed by atoms with Crippen LogP contribution in [0.5, 0.6) is 0 Å². The van der Waals surface area contributed by atoms with E-state index >= 15 is 0 Å². The Hall–Kier alpha value is -3.41. The second kappa shape index (κ2) is 9.81. The van der Waals surface area contributed by atoms with Gasteiger partial charge in [-0.25, -0.2) is 0 Å². The summed E-state index contributed by atoms with van der Waals surface area (Å²) in [5.41, 5.74) is 4.67. The molecule has 0 unspecified atom stereocenters. The summed E-state index contributed by atoms with van der Waals surface area (Å²) in [5.74, 6) is 0.0309. The van der Waals surface area contributed by atoms with Crippen LogP contribution in [0, 0.1) is 6.92 Å². The molecule has 1 heterocycles. The van der Waals surface area contributed by atoms with Gasteiger partial charge in [-0.3, -0.25) is 9.59 Å². The van der Waals surface area contributed by atoms with E-state index in [2.05, 4.69) is 5.16 Å². The van der Waals surface area contributed by atoms with Gasteiger partial charge in [0.2, 0.25) is 0 Å². The third-order valence-corrected chi connectivity index (χ3v) is 4.81. The van der Waals surface area contributed by atoms with Crippen LogP contribution in [-0.4, -0.2) is 29.3 Å². The number of hydrogen-bond acceptors (Lipinski definition) is 6. The first-order valence-electron chi connectivity index (χ1n) is 10.7. The van der Waals surface area contributed by atoms with Crippen LogP contribution < -0.4 is 0 Å². The van der Waals surface area contributed by atoms with E-state index in [0.29, 0.717) is 18.1 Å². The van der Waals surface area contributed by atoms with E-state index in [9.17, 15) is 9.59 Å². The van der Waals surface area contributed by atoms with E-state index in [-0.39, 0.29) is 24.8 Å². The molecule has 3 aromatic rings. The van der Waals surface area contributed by atoms with Crippen LogP contribution in [0.25, 0.3) is 22.5 Å². The first-order chi connectivity index (χ1) is 15.2. The van der Waals surface area contributed by atoms with Crippen molar-refractivity contribution in [3.8, 4) is 22.5 Å². The Bertz CT molecular complexity index is 1070. The summed E-state index contributed by atoms with van der Waals surface area (Å²) in [6.07, 6.45) is 0.365. The lowest BCUT2D eigenvalue weighted by Crippen LogP contribution is -2.25. The lowest BCUT2D eigenvalue weighted by Gasteiger charge is -2.19. The SMILES string of the molecule is CCOC(=O)Cc1ccc(-c2ccc(-c3onc(C)c3CC(=O)OC(C)(C)C)cc2)cc1. The maximum atomic E-state index is 12.3. The van der Waals surface area contributed by atoms with Gasteiger partial charge in [0.05, 0.1) is 25.1 Å². The molecule has 0 fully saturated rings. The minimum Gasteiger partial charge on any atom is -0.466 e. The largest absolute Gasteiger partial charge is 0.466 e. The number of nitrogens with zero attached hydrogens (tertiary/aromatic N) is 1. The Labute approximate surface area is 188 Å². The Balaban J connectivity index is 1.75. The van der Waals surface area contributed by atoms with Crippen LogP contribution in [0.15, 0.2) is 53.1 Å². The number of benzene rings is 2. The van der Waals surface area contributed by atoms with E-state index < -0.39 is 5.60 Å². The molecule has 0 spiro atoms. The summed E-state index contributed by atoms with van der Waals surface area (Å²) in [7, 11) is 0. The number of carbonyl (C=O) groups is 2. The fraction of sp³-hybridized carbons (Fsp3) is 0.346. The highest BCUT2D eigenvalue weighted by molar-refractivity contribution is 5.78. The van der Waals surface area contributed by atoms with Gasteiger partial charge >= 0.3 is 11.9 Å². The molecule has 0 aliphatic heterocycles. The third-order valence-electron chi connectivity index (χ3n) is 4.81. The third kappa shape index (κ3) is 6.06. The van der Waals surface area contributed by atoms with Crippen LogP contribution in [0.1, 0.15) is 44.5 Å². The van der Waals surface area contributed by atoms with Gasteiger partial charge in [-0.15, -0.1) is 0 Å². The molecule has 0 atom stereocenters. The molecule has 3 rings (SSSR count). The number of carbonyl (C=O) groups excluding carboxylic acids is 2. The molecule has 0 saturated heterocycles. The maximum Gasteiger partial charge on any atom is 0.310 e. The summed E-state index contributed by atoms with van der Waals surface area (Å²) in [5, 5.41) is 4.05. The minimum absolute atomic E-state index is 0.103. The highest BCUT2D eigenvalue weighted by Crippen LogP contribution is 2.30. The lowest BCUT2D eigenvalue weighted by atomic mass is 9.99. The van der Waals surface area contributed by atoms with Crippen LogP contribution in [0.4, 0.5) is 0 Å². The van der Waals surface area contributed by atoms with Crippen molar-refractivity contribution in [2.24, 2.45) is 0 Å². The van der Waals surface area contributed by atoms with Gasteiger partial charge in [0.15, 0.2) is 5.76 Å². The number of esters is 2. The molecule has 0 bridgehead atoms. The minimum atomic E-state index is -0.546. The van der Waals surface area contributed by atoms with Gasteiger partial charge in [0.25, 0.3) is 0 Å². The van der Waals surface area contributed by atoms with Crippen molar-refractivity contribution in [2.75, 3.05) is 6.61 Å². The van der Waals surface area contributed by atoms with Crippen LogP contribution in [-0.2, 0) is 31.9 Å². The standard InChI is InChI=1S/C26H29NO5/c1-6-30-23(28)15-18-7-9-19(10-8-18)20-11-13-21(14-12-20)25-22(17(2)27-32-25)16-24(29)31-26(3,4)5/h7-14H,6,15-16H2,1-5H3. The average Bonchev–Trinajstić information content (AvgIpc) is 3.07. The monoisotopic (exact) mass is 435 g/mol. The quantitative estimate of drug-likeness (QED) is 0.468. The number of rotatable bonds is 7. The van der Waals surface area contributed by atoms with Crippen molar-refractivity contribution in [1.82, 2.24) is 5.16 Å². The zero-order chi connectivity index (χ0) is 23.3. The molecular weight excluding hydrogens is 406 g/mol. The molecule has 6 nitrogen and oxygen atoms in total. The highest BCUT2D eigenvalue weighted by Gasteiger charge is 2.22. The van der Waals surface area contributed by atoms with E-state index in [1.54, 1.807) is 6.92 Å². The smallest absolute Gasteiger partial charge is 0.310 e. The topological polar surface area (TPSA) is 78.6 Å². The van der Waals surface area contributed by atoms with Gasteiger partial charge in [0, 0.05) is 11.1 Å². The molecule has 0 N–H and O–H groups in total. The van der Waals surface area contributed by atoms with Gasteiger partial charge < -0.3 is 14.0 Å². The van der Waals surface area contributed by atoms with Crippen molar-refractivity contribution in [1.29, 1.82) is 0 Å². The van der Waals surface area contributed by atoms with Crippen molar-refractivity contribution in [3.05, 3.63) is 65.4 Å². The van der Waals surface area contributed by atoms with Gasteiger partial charge in [0.1, 0.15) is 5.60 Å². The summed E-state index contributed by atoms with van der Waals surface area (Å²) in [6.45, 7) is 9.52.